The maximum atomic E-state index is 10.1. The van der Waals surface area contributed by atoms with Gasteiger partial charge in [0.05, 0.1) is 6.10 Å². The van der Waals surface area contributed by atoms with Gasteiger partial charge >= 0.3 is 0 Å². The highest BCUT2D eigenvalue weighted by atomic mass is 16.3. The first kappa shape index (κ1) is 17.0. The van der Waals surface area contributed by atoms with Crippen LogP contribution in [-0.4, -0.2) is 11.7 Å². The zero-order chi connectivity index (χ0) is 16.2. The van der Waals surface area contributed by atoms with E-state index in [1.165, 1.54) is 30.4 Å². The molecule has 1 aromatic rings. The molecule has 1 aromatic carbocycles. The lowest BCUT2D eigenvalue weighted by molar-refractivity contribution is 0.170. The van der Waals surface area contributed by atoms with Crippen LogP contribution in [0.4, 0.5) is 0 Å². The van der Waals surface area contributed by atoms with E-state index < -0.39 is 6.10 Å². The Morgan fingerprint density at radius 2 is 2.09 bits per heavy atom. The highest BCUT2D eigenvalue weighted by Crippen LogP contribution is 2.40. The average Bonchev–Trinajstić information content (AvgIpc) is 2.46. The van der Waals surface area contributed by atoms with Crippen molar-refractivity contribution in [3.05, 3.63) is 52.6 Å². The molecule has 0 saturated carbocycles. The third-order valence-corrected chi connectivity index (χ3v) is 4.72. The summed E-state index contributed by atoms with van der Waals surface area (Å²) in [4.78, 5) is 0. The average molecular weight is 299 g/mol. The topological polar surface area (TPSA) is 46.2 Å². The summed E-state index contributed by atoms with van der Waals surface area (Å²) in [5.41, 5.74) is 10.8. The number of nitrogens with two attached hydrogens (primary N) is 1. The fourth-order valence-electron chi connectivity index (χ4n) is 3.38. The van der Waals surface area contributed by atoms with Gasteiger partial charge in [0, 0.05) is 0 Å². The van der Waals surface area contributed by atoms with E-state index in [4.69, 9.17) is 5.73 Å². The van der Waals surface area contributed by atoms with E-state index >= 15 is 0 Å². The zero-order valence-corrected chi connectivity index (χ0v) is 14.1. The summed E-state index contributed by atoms with van der Waals surface area (Å²) in [6.07, 6.45) is 8.32. The van der Waals surface area contributed by atoms with Crippen molar-refractivity contribution < 1.29 is 5.11 Å². The van der Waals surface area contributed by atoms with Gasteiger partial charge in [0.15, 0.2) is 0 Å². The fourth-order valence-corrected chi connectivity index (χ4v) is 3.38. The summed E-state index contributed by atoms with van der Waals surface area (Å²) in [5, 5.41) is 10.1. The molecule has 0 aromatic heterocycles. The largest absolute Gasteiger partial charge is 0.388 e. The summed E-state index contributed by atoms with van der Waals surface area (Å²) in [6.45, 7) is 7.41. The SMILES string of the molecule is CC1=C(C=Cc2cccc([C@@H](O)CCN)c2)C(C)(C)CCC1. The third-order valence-electron chi connectivity index (χ3n) is 4.72. The van der Waals surface area contributed by atoms with Crippen LogP contribution in [-0.2, 0) is 0 Å². The minimum atomic E-state index is -0.467. The molecule has 2 rings (SSSR count). The van der Waals surface area contributed by atoms with Gasteiger partial charge in [-0.2, -0.15) is 0 Å². The molecule has 120 valence electrons. The summed E-state index contributed by atoms with van der Waals surface area (Å²) in [5.74, 6) is 0. The van der Waals surface area contributed by atoms with Crippen molar-refractivity contribution in [1.82, 2.24) is 0 Å². The number of hydrogen-bond acceptors (Lipinski definition) is 2. The van der Waals surface area contributed by atoms with Gasteiger partial charge in [-0.15, -0.1) is 0 Å². The number of allylic oxidation sites excluding steroid dienone is 3. The van der Waals surface area contributed by atoms with E-state index in [9.17, 15) is 5.11 Å². The molecular formula is C20H29NO. The molecule has 1 aliphatic carbocycles. The molecule has 0 radical (unpaired) electrons. The standard InChI is InChI=1S/C20H29NO/c1-15-6-5-12-20(2,3)18(15)10-9-16-7-4-8-17(14-16)19(22)11-13-21/h4,7-10,14,19,22H,5-6,11-13,21H2,1-3H3/t19-/m0/s1. The molecule has 2 nitrogen and oxygen atoms in total. The minimum Gasteiger partial charge on any atom is -0.388 e. The summed E-state index contributed by atoms with van der Waals surface area (Å²) < 4.78 is 0. The van der Waals surface area contributed by atoms with Crippen LogP contribution in [0.15, 0.2) is 41.5 Å². The van der Waals surface area contributed by atoms with E-state index in [1.54, 1.807) is 0 Å². The Morgan fingerprint density at radius 1 is 1.32 bits per heavy atom. The Hall–Kier alpha value is -1.38. The van der Waals surface area contributed by atoms with Crippen LogP contribution in [0.3, 0.4) is 0 Å². The normalized spacial score (nSPS) is 19.7. The highest BCUT2D eigenvalue weighted by molar-refractivity contribution is 5.55. The Bertz CT molecular complexity index is 569. The van der Waals surface area contributed by atoms with Gasteiger partial charge in [0.1, 0.15) is 0 Å². The minimum absolute atomic E-state index is 0.259. The fraction of sp³-hybridized carbons (Fsp3) is 0.500. The Labute approximate surface area is 134 Å². The van der Waals surface area contributed by atoms with Gasteiger partial charge in [-0.25, -0.2) is 0 Å². The quantitative estimate of drug-likeness (QED) is 0.834. The smallest absolute Gasteiger partial charge is 0.0802 e. The monoisotopic (exact) mass is 299 g/mol. The van der Waals surface area contributed by atoms with Gasteiger partial charge < -0.3 is 10.8 Å². The van der Waals surface area contributed by atoms with Gasteiger partial charge in [-0.3, -0.25) is 0 Å². The second-order valence-corrected chi connectivity index (χ2v) is 7.03. The Balaban J connectivity index is 2.21. The molecule has 1 aliphatic rings. The lowest BCUT2D eigenvalue weighted by Crippen LogP contribution is -2.18. The van der Waals surface area contributed by atoms with Crippen molar-refractivity contribution >= 4 is 6.08 Å². The molecule has 0 bridgehead atoms. The number of rotatable bonds is 5. The predicted molar refractivity (Wildman–Crippen MR) is 94.4 cm³/mol. The predicted octanol–water partition coefficient (Wildman–Crippen LogP) is 4.61. The number of benzene rings is 1. The van der Waals surface area contributed by atoms with E-state index in [0.29, 0.717) is 13.0 Å². The Morgan fingerprint density at radius 3 is 2.77 bits per heavy atom. The van der Waals surface area contributed by atoms with Crippen LogP contribution in [0.25, 0.3) is 6.08 Å². The zero-order valence-electron chi connectivity index (χ0n) is 14.1. The maximum Gasteiger partial charge on any atom is 0.0802 e. The maximum absolute atomic E-state index is 10.1. The Kier molecular flexibility index (Phi) is 5.60. The van der Waals surface area contributed by atoms with Crippen molar-refractivity contribution in [2.45, 2.75) is 52.6 Å². The first-order valence-electron chi connectivity index (χ1n) is 8.30. The second-order valence-electron chi connectivity index (χ2n) is 7.03. The van der Waals surface area contributed by atoms with Gasteiger partial charge in [0.25, 0.3) is 0 Å². The lowest BCUT2D eigenvalue weighted by atomic mass is 9.72. The third kappa shape index (κ3) is 4.08. The van der Waals surface area contributed by atoms with Crippen LogP contribution in [0.1, 0.15) is 63.7 Å². The molecule has 3 N–H and O–H groups in total. The summed E-state index contributed by atoms with van der Waals surface area (Å²) in [7, 11) is 0. The number of aliphatic hydroxyl groups excluding tert-OH is 1. The number of hydrogen-bond donors (Lipinski definition) is 2. The van der Waals surface area contributed by atoms with Gasteiger partial charge in [0.2, 0.25) is 0 Å². The van der Waals surface area contributed by atoms with Crippen molar-refractivity contribution in [3.8, 4) is 0 Å². The molecule has 2 heteroatoms. The molecule has 0 amide bonds. The molecule has 22 heavy (non-hydrogen) atoms. The number of aliphatic hydroxyl groups is 1. The van der Waals surface area contributed by atoms with Crippen LogP contribution >= 0.6 is 0 Å². The van der Waals surface area contributed by atoms with Crippen molar-refractivity contribution in [3.63, 3.8) is 0 Å². The van der Waals surface area contributed by atoms with Crippen LogP contribution in [0, 0.1) is 5.41 Å². The van der Waals surface area contributed by atoms with Crippen LogP contribution < -0.4 is 5.73 Å². The van der Waals surface area contributed by atoms with E-state index in [0.717, 1.165) is 11.1 Å². The second kappa shape index (κ2) is 7.26. The van der Waals surface area contributed by atoms with Gasteiger partial charge in [-0.05, 0) is 67.3 Å². The van der Waals surface area contributed by atoms with Crippen molar-refractivity contribution in [2.75, 3.05) is 6.54 Å². The first-order valence-corrected chi connectivity index (χ1v) is 8.30. The van der Waals surface area contributed by atoms with Crippen LogP contribution in [0.5, 0.6) is 0 Å². The molecule has 0 fully saturated rings. The molecule has 0 aliphatic heterocycles. The molecule has 0 heterocycles. The summed E-state index contributed by atoms with van der Waals surface area (Å²) >= 11 is 0. The molecule has 0 unspecified atom stereocenters. The summed E-state index contributed by atoms with van der Waals surface area (Å²) in [6, 6.07) is 8.11. The van der Waals surface area contributed by atoms with E-state index in [2.05, 4.69) is 45.1 Å². The highest BCUT2D eigenvalue weighted by Gasteiger charge is 2.26. The first-order chi connectivity index (χ1) is 10.4. The van der Waals surface area contributed by atoms with Gasteiger partial charge in [-0.1, -0.05) is 49.8 Å². The molecule has 1 atom stereocenters. The molecular weight excluding hydrogens is 270 g/mol. The van der Waals surface area contributed by atoms with Crippen molar-refractivity contribution in [1.29, 1.82) is 0 Å². The van der Waals surface area contributed by atoms with E-state index in [-0.39, 0.29) is 5.41 Å². The van der Waals surface area contributed by atoms with Crippen LogP contribution in [0.2, 0.25) is 0 Å². The lowest BCUT2D eigenvalue weighted by Gasteiger charge is -2.32. The molecule has 0 spiro atoms. The van der Waals surface area contributed by atoms with Crippen molar-refractivity contribution in [2.24, 2.45) is 11.1 Å². The molecule has 0 saturated heterocycles. The van der Waals surface area contributed by atoms with E-state index in [1.807, 2.05) is 12.1 Å².